The zero-order valence-electron chi connectivity index (χ0n) is 20.0. The zero-order chi connectivity index (χ0) is 26.2. The number of nitrogens with zero attached hydrogens (tertiary/aromatic N) is 5. The van der Waals surface area contributed by atoms with E-state index in [2.05, 4.69) is 50.7 Å². The molecule has 0 radical (unpaired) electrons. The van der Waals surface area contributed by atoms with Crippen LogP contribution >= 0.6 is 0 Å². The monoisotopic (exact) mass is 504 g/mol. The van der Waals surface area contributed by atoms with Gasteiger partial charge in [0.05, 0.1) is 17.4 Å². The van der Waals surface area contributed by atoms with Crippen LogP contribution in [0.5, 0.6) is 0 Å². The lowest BCUT2D eigenvalue weighted by atomic mass is 9.94. The van der Waals surface area contributed by atoms with E-state index in [1.165, 1.54) is 16.8 Å². The summed E-state index contributed by atoms with van der Waals surface area (Å²) >= 11 is 0. The molecule has 1 amide bonds. The Balaban J connectivity index is 0.000000384. The minimum absolute atomic E-state index is 0.0249. The molecule has 1 aliphatic heterocycles. The molecule has 192 valence electrons. The quantitative estimate of drug-likeness (QED) is 0.566. The van der Waals surface area contributed by atoms with E-state index in [-0.39, 0.29) is 11.9 Å². The maximum absolute atomic E-state index is 12.9. The number of halogens is 3. The number of aryl methyl sites for hydroxylation is 3. The van der Waals surface area contributed by atoms with Crippen molar-refractivity contribution in [1.29, 1.82) is 0 Å². The minimum Gasteiger partial charge on any atom is -0.475 e. The molecule has 12 heteroatoms. The Kier molecular flexibility index (Phi) is 6.90. The van der Waals surface area contributed by atoms with E-state index in [1.54, 1.807) is 24.0 Å². The van der Waals surface area contributed by atoms with Crippen molar-refractivity contribution in [3.8, 4) is 0 Å². The average Bonchev–Trinajstić information content (AvgIpc) is 3.54. The van der Waals surface area contributed by atoms with Crippen LogP contribution in [0.4, 0.5) is 13.2 Å². The first kappa shape index (κ1) is 25.4. The number of alkyl halides is 3. The number of carbonyl (C=O) groups excluding carboxylic acids is 1. The number of amides is 1. The van der Waals surface area contributed by atoms with Gasteiger partial charge < -0.3 is 10.4 Å². The first-order chi connectivity index (χ1) is 17.0. The number of nitrogens with one attached hydrogen (secondary N) is 1. The number of aliphatic carboxylic acids is 1. The molecule has 3 atom stereocenters. The SMILES string of the molecule is Cc1cc(CN2C[C@@H]3[C@H](NC(=O)c4ccnn4C)c4ccccc4[C@@H]3C2)n(C)n1.O=C(O)C(F)(F)F. The van der Waals surface area contributed by atoms with Crippen LogP contribution in [0.25, 0.3) is 0 Å². The number of carboxylic acid groups (broad SMARTS) is 1. The molecule has 36 heavy (non-hydrogen) atoms. The highest BCUT2D eigenvalue weighted by Gasteiger charge is 2.46. The van der Waals surface area contributed by atoms with Crippen LogP contribution in [-0.2, 0) is 25.4 Å². The zero-order valence-corrected chi connectivity index (χ0v) is 20.0. The Hall–Kier alpha value is -3.67. The lowest BCUT2D eigenvalue weighted by molar-refractivity contribution is -0.192. The number of fused-ring (bicyclic) bond motifs is 3. The van der Waals surface area contributed by atoms with Crippen LogP contribution < -0.4 is 5.32 Å². The summed E-state index contributed by atoms with van der Waals surface area (Å²) in [5, 5.41) is 19.0. The normalized spacial score (nSPS) is 20.9. The maximum atomic E-state index is 12.9. The van der Waals surface area contributed by atoms with Crippen molar-refractivity contribution in [3.63, 3.8) is 0 Å². The maximum Gasteiger partial charge on any atom is 0.490 e. The summed E-state index contributed by atoms with van der Waals surface area (Å²) in [4.78, 5) is 24.3. The van der Waals surface area contributed by atoms with Crippen molar-refractivity contribution in [2.45, 2.75) is 31.6 Å². The molecule has 1 aromatic carbocycles. The van der Waals surface area contributed by atoms with E-state index in [0.29, 0.717) is 17.5 Å². The van der Waals surface area contributed by atoms with Crippen LogP contribution in [0.15, 0.2) is 42.6 Å². The fraction of sp³-hybridized carbons (Fsp3) is 0.417. The van der Waals surface area contributed by atoms with E-state index in [4.69, 9.17) is 9.90 Å². The van der Waals surface area contributed by atoms with Crippen molar-refractivity contribution >= 4 is 11.9 Å². The van der Waals surface area contributed by atoms with E-state index in [1.807, 2.05) is 18.7 Å². The molecule has 2 aliphatic rings. The van der Waals surface area contributed by atoms with E-state index in [0.717, 1.165) is 25.3 Å². The molecule has 2 aromatic heterocycles. The summed E-state index contributed by atoms with van der Waals surface area (Å²) in [5.41, 5.74) is 5.50. The third kappa shape index (κ3) is 5.13. The largest absolute Gasteiger partial charge is 0.490 e. The van der Waals surface area contributed by atoms with Gasteiger partial charge in [-0.3, -0.25) is 19.1 Å². The highest BCUT2D eigenvalue weighted by Crippen LogP contribution is 2.49. The van der Waals surface area contributed by atoms with Crippen LogP contribution in [0.3, 0.4) is 0 Å². The Bertz CT molecular complexity index is 1270. The van der Waals surface area contributed by atoms with Gasteiger partial charge in [0.15, 0.2) is 0 Å². The third-order valence-electron chi connectivity index (χ3n) is 6.67. The van der Waals surface area contributed by atoms with Crippen molar-refractivity contribution < 1.29 is 27.9 Å². The molecule has 0 spiro atoms. The molecule has 3 heterocycles. The number of carboxylic acids is 1. The fourth-order valence-corrected chi connectivity index (χ4v) is 5.11. The van der Waals surface area contributed by atoms with Crippen molar-refractivity contribution in [1.82, 2.24) is 29.8 Å². The minimum atomic E-state index is -5.08. The number of benzene rings is 1. The molecule has 1 aliphatic carbocycles. The van der Waals surface area contributed by atoms with E-state index >= 15 is 0 Å². The lowest BCUT2D eigenvalue weighted by Gasteiger charge is -2.23. The Morgan fingerprint density at radius 2 is 1.78 bits per heavy atom. The molecular formula is C24H27F3N6O3. The molecule has 0 bridgehead atoms. The van der Waals surface area contributed by atoms with E-state index < -0.39 is 12.1 Å². The molecule has 1 fully saturated rings. The summed E-state index contributed by atoms with van der Waals surface area (Å²) in [7, 11) is 3.80. The van der Waals surface area contributed by atoms with Gasteiger partial charge in [-0.05, 0) is 30.2 Å². The summed E-state index contributed by atoms with van der Waals surface area (Å²) in [6.45, 7) is 4.88. The third-order valence-corrected chi connectivity index (χ3v) is 6.67. The number of carbonyl (C=O) groups is 2. The topological polar surface area (TPSA) is 105 Å². The molecular weight excluding hydrogens is 477 g/mol. The summed E-state index contributed by atoms with van der Waals surface area (Å²) in [6.07, 6.45) is -3.42. The number of aromatic nitrogens is 4. The fourth-order valence-electron chi connectivity index (χ4n) is 5.11. The standard InChI is InChI=1S/C22H26N6O.C2HF3O2/c1-14-10-15(26(2)25-14)11-28-12-18-16-6-4-5-7-17(16)21(19(18)13-28)24-22(29)20-8-9-23-27(20)3;3-2(4,5)1(6)7/h4-10,18-19,21H,11-13H2,1-3H3,(H,24,29);(H,6,7)/t18-,19-,21+;/m0./s1. The summed E-state index contributed by atoms with van der Waals surface area (Å²) in [6, 6.07) is 12.5. The number of rotatable bonds is 4. The Morgan fingerprint density at radius 3 is 2.33 bits per heavy atom. The van der Waals surface area contributed by atoms with Gasteiger partial charge >= 0.3 is 12.1 Å². The Morgan fingerprint density at radius 1 is 1.11 bits per heavy atom. The number of hydrogen-bond donors (Lipinski definition) is 2. The summed E-state index contributed by atoms with van der Waals surface area (Å²) < 4.78 is 35.3. The van der Waals surface area contributed by atoms with Gasteiger partial charge in [0.1, 0.15) is 5.69 Å². The van der Waals surface area contributed by atoms with Crippen molar-refractivity contribution in [3.05, 3.63) is 70.8 Å². The smallest absolute Gasteiger partial charge is 0.475 e. The van der Waals surface area contributed by atoms with E-state index in [9.17, 15) is 18.0 Å². The van der Waals surface area contributed by atoms with Crippen LogP contribution in [0.2, 0.25) is 0 Å². The second-order valence-electron chi connectivity index (χ2n) is 9.09. The summed E-state index contributed by atoms with van der Waals surface area (Å²) in [5.74, 6) is -2.00. The van der Waals surface area contributed by atoms with Gasteiger partial charge in [0.2, 0.25) is 0 Å². The second-order valence-corrected chi connectivity index (χ2v) is 9.09. The average molecular weight is 505 g/mol. The molecule has 0 saturated carbocycles. The van der Waals surface area contributed by atoms with Gasteiger partial charge in [-0.1, -0.05) is 24.3 Å². The molecule has 0 unspecified atom stereocenters. The van der Waals surface area contributed by atoms with Crippen molar-refractivity contribution in [2.75, 3.05) is 13.1 Å². The number of hydrogen-bond acceptors (Lipinski definition) is 5. The van der Waals surface area contributed by atoms with Crippen LogP contribution in [-0.4, -0.2) is 60.7 Å². The second kappa shape index (κ2) is 9.76. The number of likely N-dealkylation sites (tertiary alicyclic amines) is 1. The predicted molar refractivity (Wildman–Crippen MR) is 123 cm³/mol. The van der Waals surface area contributed by atoms with Gasteiger partial charge in [0.25, 0.3) is 5.91 Å². The Labute approximate surface area is 205 Å². The first-order valence-corrected chi connectivity index (χ1v) is 11.4. The predicted octanol–water partition coefficient (Wildman–Crippen LogP) is 2.80. The van der Waals surface area contributed by atoms with Gasteiger partial charge in [0, 0.05) is 51.8 Å². The molecule has 3 aromatic rings. The van der Waals surface area contributed by atoms with Crippen molar-refractivity contribution in [2.24, 2.45) is 20.0 Å². The van der Waals surface area contributed by atoms with Crippen LogP contribution in [0.1, 0.15) is 45.0 Å². The lowest BCUT2D eigenvalue weighted by Crippen LogP contribution is -2.34. The van der Waals surface area contributed by atoms with Crippen LogP contribution in [0, 0.1) is 12.8 Å². The highest BCUT2D eigenvalue weighted by molar-refractivity contribution is 5.92. The van der Waals surface area contributed by atoms with Gasteiger partial charge in [-0.25, -0.2) is 4.79 Å². The first-order valence-electron chi connectivity index (χ1n) is 11.4. The highest BCUT2D eigenvalue weighted by atomic mass is 19.4. The van der Waals surface area contributed by atoms with Gasteiger partial charge in [-0.2, -0.15) is 23.4 Å². The molecule has 9 nitrogen and oxygen atoms in total. The molecule has 1 saturated heterocycles. The molecule has 2 N–H and O–H groups in total. The van der Waals surface area contributed by atoms with Gasteiger partial charge in [-0.15, -0.1) is 0 Å². The molecule has 5 rings (SSSR count).